The van der Waals surface area contributed by atoms with Crippen molar-refractivity contribution >= 4 is 5.91 Å². The lowest BCUT2D eigenvalue weighted by Gasteiger charge is -2.30. The standard InChI is InChI=1S/C27H28N4O3/c1-18-8-10-20(11-9-18)24-15-25(30-29-24)27(32)31-12-4-6-21(17-31)26-28-16-23(34-26)14-19-5-3-7-22(13-19)33-2/h3,5,7-11,13,15-16,21H,4,6,12,14,17H2,1-2H3,(H,29,30). The van der Waals surface area contributed by atoms with Crippen LogP contribution in [0.1, 0.15) is 52.0 Å². The van der Waals surface area contributed by atoms with E-state index in [4.69, 9.17) is 9.15 Å². The van der Waals surface area contributed by atoms with Crippen LogP contribution in [0, 0.1) is 6.92 Å². The number of nitrogens with one attached hydrogen (secondary N) is 1. The number of carbonyl (C=O) groups excluding carboxylic acids is 1. The summed E-state index contributed by atoms with van der Waals surface area (Å²) < 4.78 is 11.4. The van der Waals surface area contributed by atoms with E-state index in [1.54, 1.807) is 13.3 Å². The number of carbonyl (C=O) groups is 1. The topological polar surface area (TPSA) is 84.2 Å². The van der Waals surface area contributed by atoms with Crippen molar-refractivity contribution in [2.45, 2.75) is 32.1 Å². The van der Waals surface area contributed by atoms with Crippen LogP contribution < -0.4 is 4.74 Å². The van der Waals surface area contributed by atoms with Crippen molar-refractivity contribution in [1.82, 2.24) is 20.1 Å². The molecule has 1 fully saturated rings. The van der Waals surface area contributed by atoms with Crippen LogP contribution in [0.3, 0.4) is 0 Å². The van der Waals surface area contributed by atoms with Gasteiger partial charge in [0.2, 0.25) is 0 Å². The molecular formula is C27H28N4O3. The summed E-state index contributed by atoms with van der Waals surface area (Å²) in [5, 5.41) is 7.27. The van der Waals surface area contributed by atoms with E-state index in [0.29, 0.717) is 31.1 Å². The van der Waals surface area contributed by atoms with Gasteiger partial charge in [-0.15, -0.1) is 0 Å². The molecule has 0 aliphatic carbocycles. The van der Waals surface area contributed by atoms with E-state index < -0.39 is 0 Å². The van der Waals surface area contributed by atoms with Crippen LogP contribution >= 0.6 is 0 Å². The average Bonchev–Trinajstić information content (AvgIpc) is 3.55. The van der Waals surface area contributed by atoms with Crippen LogP contribution in [0.15, 0.2) is 65.2 Å². The minimum atomic E-state index is -0.0429. The third-order valence-electron chi connectivity index (χ3n) is 6.30. The molecule has 4 aromatic rings. The van der Waals surface area contributed by atoms with Crippen LogP contribution in [0.4, 0.5) is 0 Å². The first-order valence-corrected chi connectivity index (χ1v) is 11.6. The molecule has 1 aliphatic rings. The van der Waals surface area contributed by atoms with Gasteiger partial charge in [-0.2, -0.15) is 5.10 Å². The number of hydrogen-bond donors (Lipinski definition) is 1. The number of rotatable bonds is 6. The number of aromatic nitrogens is 3. The maximum absolute atomic E-state index is 13.2. The zero-order valence-electron chi connectivity index (χ0n) is 19.5. The Morgan fingerprint density at radius 3 is 2.88 bits per heavy atom. The lowest BCUT2D eigenvalue weighted by atomic mass is 9.97. The summed E-state index contributed by atoms with van der Waals surface area (Å²) in [5.41, 5.74) is 4.55. The number of piperidine rings is 1. The van der Waals surface area contributed by atoms with Gasteiger partial charge in [0.1, 0.15) is 17.2 Å². The number of methoxy groups -OCH3 is 1. The minimum absolute atomic E-state index is 0.0429. The number of amides is 1. The monoisotopic (exact) mass is 456 g/mol. The van der Waals surface area contributed by atoms with Gasteiger partial charge in [0, 0.05) is 25.1 Å². The molecule has 7 nitrogen and oxygen atoms in total. The molecular weight excluding hydrogens is 428 g/mol. The van der Waals surface area contributed by atoms with E-state index in [-0.39, 0.29) is 11.8 Å². The third-order valence-corrected chi connectivity index (χ3v) is 6.30. The maximum atomic E-state index is 13.2. The summed E-state index contributed by atoms with van der Waals surface area (Å²) >= 11 is 0. The fourth-order valence-electron chi connectivity index (χ4n) is 4.41. The number of oxazole rings is 1. The lowest BCUT2D eigenvalue weighted by molar-refractivity contribution is 0.0692. The van der Waals surface area contributed by atoms with Gasteiger partial charge >= 0.3 is 0 Å². The highest BCUT2D eigenvalue weighted by atomic mass is 16.5. The van der Waals surface area contributed by atoms with Crippen LogP contribution in [0.25, 0.3) is 11.3 Å². The van der Waals surface area contributed by atoms with Crippen molar-refractivity contribution in [3.8, 4) is 17.0 Å². The Labute approximate surface area is 198 Å². The first-order valence-electron chi connectivity index (χ1n) is 11.6. The van der Waals surface area contributed by atoms with Crippen LogP contribution in [0.5, 0.6) is 5.75 Å². The molecule has 7 heteroatoms. The van der Waals surface area contributed by atoms with Gasteiger partial charge < -0.3 is 14.1 Å². The van der Waals surface area contributed by atoms with Crippen molar-refractivity contribution in [2.24, 2.45) is 0 Å². The molecule has 174 valence electrons. The molecule has 1 aliphatic heterocycles. The second-order valence-electron chi connectivity index (χ2n) is 8.82. The zero-order chi connectivity index (χ0) is 23.5. The van der Waals surface area contributed by atoms with Crippen molar-refractivity contribution < 1.29 is 13.9 Å². The zero-order valence-corrected chi connectivity index (χ0v) is 19.5. The van der Waals surface area contributed by atoms with E-state index in [9.17, 15) is 4.79 Å². The van der Waals surface area contributed by atoms with Gasteiger partial charge in [0.25, 0.3) is 5.91 Å². The van der Waals surface area contributed by atoms with Gasteiger partial charge in [0.15, 0.2) is 5.89 Å². The molecule has 0 saturated carbocycles. The smallest absolute Gasteiger partial charge is 0.271 e. The summed E-state index contributed by atoms with van der Waals surface area (Å²) in [4.78, 5) is 19.6. The van der Waals surface area contributed by atoms with E-state index in [2.05, 4.69) is 15.2 Å². The largest absolute Gasteiger partial charge is 0.497 e. The van der Waals surface area contributed by atoms with Gasteiger partial charge in [-0.05, 0) is 43.5 Å². The van der Waals surface area contributed by atoms with Gasteiger partial charge in [-0.25, -0.2) is 4.98 Å². The fraction of sp³-hybridized carbons (Fsp3) is 0.296. The van der Waals surface area contributed by atoms with Gasteiger partial charge in [-0.1, -0.05) is 42.0 Å². The van der Waals surface area contributed by atoms with Crippen molar-refractivity contribution in [1.29, 1.82) is 0 Å². The second kappa shape index (κ2) is 9.55. The number of likely N-dealkylation sites (tertiary alicyclic amines) is 1. The predicted octanol–water partition coefficient (Wildman–Crippen LogP) is 4.99. The number of H-pyrrole nitrogens is 1. The number of aryl methyl sites for hydroxylation is 1. The highest BCUT2D eigenvalue weighted by Gasteiger charge is 2.29. The third kappa shape index (κ3) is 4.73. The van der Waals surface area contributed by atoms with Crippen molar-refractivity contribution in [2.75, 3.05) is 20.2 Å². The normalized spacial score (nSPS) is 15.9. The van der Waals surface area contributed by atoms with E-state index in [1.807, 2.05) is 66.4 Å². The summed E-state index contributed by atoms with van der Waals surface area (Å²) in [6, 6.07) is 17.9. The van der Waals surface area contributed by atoms with E-state index in [0.717, 1.165) is 41.2 Å². The second-order valence-corrected chi connectivity index (χ2v) is 8.82. The molecule has 1 atom stereocenters. The Morgan fingerprint density at radius 1 is 1.21 bits per heavy atom. The molecule has 2 aromatic heterocycles. The first kappa shape index (κ1) is 21.9. The average molecular weight is 457 g/mol. The number of benzene rings is 2. The van der Waals surface area contributed by atoms with Crippen LogP contribution in [-0.4, -0.2) is 46.2 Å². The summed E-state index contributed by atoms with van der Waals surface area (Å²) in [6.07, 6.45) is 4.29. The van der Waals surface area contributed by atoms with E-state index in [1.165, 1.54) is 5.56 Å². The Kier molecular flexibility index (Phi) is 6.16. The molecule has 0 radical (unpaired) electrons. The quantitative estimate of drug-likeness (QED) is 0.442. The molecule has 1 saturated heterocycles. The van der Waals surface area contributed by atoms with Crippen molar-refractivity contribution in [3.63, 3.8) is 0 Å². The molecule has 34 heavy (non-hydrogen) atoms. The highest BCUT2D eigenvalue weighted by Crippen LogP contribution is 2.29. The van der Waals surface area contributed by atoms with Crippen molar-refractivity contribution in [3.05, 3.63) is 89.3 Å². The summed E-state index contributed by atoms with van der Waals surface area (Å²) in [6.45, 7) is 3.34. The Balaban J connectivity index is 1.25. The molecule has 1 amide bonds. The Hall–Kier alpha value is -3.87. The van der Waals surface area contributed by atoms with Crippen LogP contribution in [0.2, 0.25) is 0 Å². The molecule has 5 rings (SSSR count). The molecule has 1 N–H and O–H groups in total. The first-order chi connectivity index (χ1) is 16.6. The Morgan fingerprint density at radius 2 is 2.06 bits per heavy atom. The van der Waals surface area contributed by atoms with Crippen LogP contribution in [-0.2, 0) is 6.42 Å². The van der Waals surface area contributed by atoms with Gasteiger partial charge in [0.05, 0.1) is 24.9 Å². The van der Waals surface area contributed by atoms with Gasteiger partial charge in [-0.3, -0.25) is 9.89 Å². The molecule has 1 unspecified atom stereocenters. The summed E-state index contributed by atoms with van der Waals surface area (Å²) in [5.74, 6) is 2.36. The molecule has 0 spiro atoms. The number of hydrogen-bond acceptors (Lipinski definition) is 5. The number of aromatic amines is 1. The summed E-state index contributed by atoms with van der Waals surface area (Å²) in [7, 11) is 1.66. The fourth-order valence-corrected chi connectivity index (χ4v) is 4.41. The maximum Gasteiger partial charge on any atom is 0.271 e. The Bertz CT molecular complexity index is 1280. The molecule has 0 bridgehead atoms. The van der Waals surface area contributed by atoms with E-state index >= 15 is 0 Å². The molecule has 3 heterocycles. The number of nitrogens with zero attached hydrogens (tertiary/aromatic N) is 3. The number of ether oxygens (including phenoxy) is 1. The minimum Gasteiger partial charge on any atom is -0.497 e. The molecule has 2 aromatic carbocycles. The predicted molar refractivity (Wildman–Crippen MR) is 129 cm³/mol. The SMILES string of the molecule is COc1cccc(Cc2cnc(C3CCCN(C(=O)c4cc(-c5ccc(C)cc5)n[nH]4)C3)o2)c1. The highest BCUT2D eigenvalue weighted by molar-refractivity contribution is 5.93. The lowest BCUT2D eigenvalue weighted by Crippen LogP contribution is -2.39.